The quantitative estimate of drug-likeness (QED) is 0.0392. The van der Waals surface area contributed by atoms with Crippen molar-refractivity contribution < 1.29 is 60.3 Å². The molecule has 13 nitrogen and oxygen atoms in total. The normalized spacial score (nSPS) is 30.6. The number of esters is 1. The molecule has 2 aromatic carbocycles. The van der Waals surface area contributed by atoms with Crippen molar-refractivity contribution in [1.29, 1.82) is 0 Å². The second-order valence-electron chi connectivity index (χ2n) is 29.6. The number of rotatable bonds is 33. The van der Waals surface area contributed by atoms with E-state index in [9.17, 15) is 26.7 Å². The van der Waals surface area contributed by atoms with Gasteiger partial charge in [0.05, 0.1) is 100 Å². The Morgan fingerprint density at radius 3 is 1.62 bits per heavy atom. The molecule has 2 aromatic rings. The zero-order valence-electron chi connectivity index (χ0n) is 57.9. The van der Waals surface area contributed by atoms with Crippen LogP contribution in [0.3, 0.4) is 0 Å². The van der Waals surface area contributed by atoms with Gasteiger partial charge in [0.2, 0.25) is 0 Å². The molecule has 5 unspecified atom stereocenters. The van der Waals surface area contributed by atoms with Gasteiger partial charge >= 0.3 is 5.97 Å². The fourth-order valence-electron chi connectivity index (χ4n) is 14.4. The lowest BCUT2D eigenvalue weighted by molar-refractivity contribution is -0.153. The maximum absolute atomic E-state index is 13.5. The maximum atomic E-state index is 13.5. The number of hydrogen-bond donors (Lipinski definition) is 2. The molecule has 0 aromatic heterocycles. The van der Waals surface area contributed by atoms with Crippen molar-refractivity contribution in [3.05, 3.63) is 109 Å². The molecule has 2 N–H and O–H groups in total. The molecule has 7 rings (SSSR count). The lowest BCUT2D eigenvalue weighted by Gasteiger charge is -2.38. The maximum Gasteiger partial charge on any atom is 0.311 e. The van der Waals surface area contributed by atoms with Crippen LogP contribution < -0.4 is 0 Å². The van der Waals surface area contributed by atoms with Gasteiger partial charge in [-0.1, -0.05) is 143 Å². The summed E-state index contributed by atoms with van der Waals surface area (Å²) in [6.07, 6.45) is 14.2. The Bertz CT molecular complexity index is 2830. The third kappa shape index (κ3) is 22.5. The van der Waals surface area contributed by atoms with Crippen LogP contribution in [0, 0.1) is 58.7 Å². The van der Waals surface area contributed by atoms with Crippen LogP contribution >= 0.6 is 0 Å². The Morgan fingerprint density at radius 2 is 1.11 bits per heavy atom. The standard InChI is InChI=1S/C41H66O7S.C35H54O6S/c1-11-27(2)22-38-32(7)36(26-49(44,45)35-17-13-12-14-18-35)39(48-38)25-29(4)31(6)28(3)23-33(42)19-20-37-30(5)24-34(47-37)16-15-21-46-40(43)41(8,9)10;1-7-23(2)18-33-27(6)31(22-42(37,38)30-13-9-8-10-14-30)35(41-33)21-34-26(5)24(3)19-29(40-34)15-16-32-25(4)20-28(39-32)12-11-17-36/h12-14,17-18,27-29,32-34,36-39,42H,5-6,11,15-16,19-26H2,1-4,7-10H3;8-10,13-14,23-24,27-29,31-36H,4-5,7,11-12,15-22H2,1-3,6H3/t27-,28-,29-,32-,33-,34+,36-,37?,38-,39?;23-,24-,27-,28+,29+,31-,32?,33-,34?,35?/m11/s1. The summed E-state index contributed by atoms with van der Waals surface area (Å²) in [4.78, 5) is 12.7. The highest BCUT2D eigenvalue weighted by Gasteiger charge is 2.48. The molecule has 514 valence electrons. The van der Waals surface area contributed by atoms with E-state index in [-0.39, 0.29) is 121 Å². The molecule has 0 aliphatic carbocycles. The van der Waals surface area contributed by atoms with E-state index in [1.165, 1.54) is 0 Å². The van der Waals surface area contributed by atoms with Gasteiger partial charge in [0.25, 0.3) is 0 Å². The van der Waals surface area contributed by atoms with Crippen LogP contribution in [0.2, 0.25) is 0 Å². The second kappa shape index (κ2) is 35.5. The topological polar surface area (TPSA) is 181 Å². The minimum Gasteiger partial charge on any atom is -0.465 e. The summed E-state index contributed by atoms with van der Waals surface area (Å²) >= 11 is 0. The van der Waals surface area contributed by atoms with Crippen molar-refractivity contribution in [1.82, 2.24) is 0 Å². The van der Waals surface area contributed by atoms with E-state index >= 15 is 0 Å². The monoisotopic (exact) mass is 1300 g/mol. The Morgan fingerprint density at radius 1 is 0.626 bits per heavy atom. The lowest BCUT2D eigenvalue weighted by atomic mass is 9.80. The summed E-state index contributed by atoms with van der Waals surface area (Å²) in [5, 5.41) is 20.2. The predicted octanol–water partition coefficient (Wildman–Crippen LogP) is 15.7. The number of sulfone groups is 2. The zero-order chi connectivity index (χ0) is 67.0. The average Bonchev–Trinajstić information content (AvgIpc) is 1.71. The number of benzene rings is 2. The Hall–Kier alpha value is -3.51. The first kappa shape index (κ1) is 76.5. The van der Waals surface area contributed by atoms with E-state index in [1.807, 2.05) is 32.9 Å². The molecule has 5 aliphatic heterocycles. The van der Waals surface area contributed by atoms with E-state index in [0.717, 1.165) is 106 Å². The molecule has 15 heteroatoms. The summed E-state index contributed by atoms with van der Waals surface area (Å²) in [5.41, 5.74) is 3.87. The summed E-state index contributed by atoms with van der Waals surface area (Å²) in [6.45, 7) is 43.2. The fourth-order valence-corrected chi connectivity index (χ4v) is 18.0. The summed E-state index contributed by atoms with van der Waals surface area (Å²) < 4.78 is 92.0. The number of ether oxygens (including phenoxy) is 6. The molecule has 5 fully saturated rings. The van der Waals surface area contributed by atoms with Gasteiger partial charge in [-0.05, 0) is 199 Å². The average molecular weight is 1310 g/mol. The first-order chi connectivity index (χ1) is 42.9. The molecule has 0 amide bonds. The second-order valence-corrected chi connectivity index (χ2v) is 33.7. The SMILES string of the molecule is C=C1C[C@H](CCCO)OC1CC[C@H]1C[C@@H](C)C(=C)C(CC2O[C@H](C[C@H](C)CC)[C@H](C)[C@H]2CS(=O)(=O)c2ccccc2)O1.C=C1C[C@H](CCCOC(=O)C(C)(C)C)OC1CC[C@@H](O)C[C@@H](C)C(=C)[C@H](C)CC1O[C@H](C[C@H](C)CC)[C@H](C)[C@H]1CS(=O)(=O)c1ccccc1. The molecule has 0 bridgehead atoms. The third-order valence-electron chi connectivity index (χ3n) is 21.1. The predicted molar refractivity (Wildman–Crippen MR) is 366 cm³/mol. The Balaban J connectivity index is 0.000000292. The van der Waals surface area contributed by atoms with E-state index in [2.05, 4.69) is 88.6 Å². The van der Waals surface area contributed by atoms with Crippen LogP contribution in [0.5, 0.6) is 0 Å². The van der Waals surface area contributed by atoms with Crippen LogP contribution in [0.4, 0.5) is 0 Å². The lowest BCUT2D eigenvalue weighted by Crippen LogP contribution is -2.38. The summed E-state index contributed by atoms with van der Waals surface area (Å²) in [5.74, 6) is 1.59. The zero-order valence-corrected chi connectivity index (χ0v) is 59.5. The number of aliphatic hydroxyl groups is 2. The molecule has 5 heterocycles. The smallest absolute Gasteiger partial charge is 0.311 e. The first-order valence-electron chi connectivity index (χ1n) is 35.0. The summed E-state index contributed by atoms with van der Waals surface area (Å²) in [6, 6.07) is 17.6. The number of allylic oxidation sites excluding steroid dienone is 1. The fraction of sp³-hybridized carbons (Fsp3) is 0.724. The van der Waals surface area contributed by atoms with Gasteiger partial charge in [-0.2, -0.15) is 0 Å². The number of carbonyl (C=O) groups excluding carboxylic acids is 1. The van der Waals surface area contributed by atoms with E-state index in [1.54, 1.807) is 48.5 Å². The van der Waals surface area contributed by atoms with Gasteiger partial charge in [-0.25, -0.2) is 16.8 Å². The number of carbonyl (C=O) groups is 1. The van der Waals surface area contributed by atoms with Gasteiger partial charge in [0.1, 0.15) is 0 Å². The molecular formula is C76H120O13S2. The van der Waals surface area contributed by atoms with Crippen LogP contribution in [0.1, 0.15) is 199 Å². The van der Waals surface area contributed by atoms with Crippen molar-refractivity contribution in [2.24, 2.45) is 58.7 Å². The van der Waals surface area contributed by atoms with Gasteiger partial charge < -0.3 is 38.6 Å². The summed E-state index contributed by atoms with van der Waals surface area (Å²) in [7, 11) is -6.92. The van der Waals surface area contributed by atoms with Crippen LogP contribution in [0.25, 0.3) is 0 Å². The molecule has 5 aliphatic rings. The Kier molecular flexibility index (Phi) is 29.8. The molecule has 20 atom stereocenters. The van der Waals surface area contributed by atoms with Gasteiger partial charge in [0.15, 0.2) is 19.7 Å². The van der Waals surface area contributed by atoms with E-state index in [4.69, 9.17) is 33.5 Å². The van der Waals surface area contributed by atoms with Crippen LogP contribution in [0.15, 0.2) is 119 Å². The minimum atomic E-state index is -3.46. The molecule has 91 heavy (non-hydrogen) atoms. The first-order valence-corrected chi connectivity index (χ1v) is 38.3. The van der Waals surface area contributed by atoms with Gasteiger partial charge in [-0.3, -0.25) is 4.79 Å². The van der Waals surface area contributed by atoms with Crippen molar-refractivity contribution in [2.45, 2.75) is 276 Å². The van der Waals surface area contributed by atoms with Gasteiger partial charge in [0, 0.05) is 24.9 Å². The Labute approximate surface area is 551 Å². The van der Waals surface area contributed by atoms with E-state index in [0.29, 0.717) is 66.3 Å². The van der Waals surface area contributed by atoms with E-state index < -0.39 is 31.2 Å². The number of aliphatic hydroxyl groups excluding tert-OH is 2. The van der Waals surface area contributed by atoms with Gasteiger partial charge in [-0.15, -0.1) is 0 Å². The highest BCUT2D eigenvalue weighted by Crippen LogP contribution is 2.45. The molecule has 0 radical (unpaired) electrons. The highest BCUT2D eigenvalue weighted by molar-refractivity contribution is 7.91. The molecule has 5 saturated heterocycles. The number of hydrogen-bond acceptors (Lipinski definition) is 13. The largest absolute Gasteiger partial charge is 0.465 e. The third-order valence-corrected chi connectivity index (χ3v) is 24.8. The highest BCUT2D eigenvalue weighted by atomic mass is 32.2. The molecule has 0 saturated carbocycles. The van der Waals surface area contributed by atoms with Crippen LogP contribution in [-0.2, 0) is 52.9 Å². The van der Waals surface area contributed by atoms with Crippen molar-refractivity contribution in [3.8, 4) is 0 Å². The minimum absolute atomic E-state index is 0.0359. The molecular weight excluding hydrogens is 1180 g/mol. The van der Waals surface area contributed by atoms with Crippen molar-refractivity contribution >= 4 is 25.6 Å². The van der Waals surface area contributed by atoms with Crippen molar-refractivity contribution in [2.75, 3.05) is 24.7 Å². The molecule has 0 spiro atoms. The van der Waals surface area contributed by atoms with Crippen LogP contribution in [-0.4, -0.2) is 125 Å². The van der Waals surface area contributed by atoms with Crippen molar-refractivity contribution in [3.63, 3.8) is 0 Å².